The van der Waals surface area contributed by atoms with Gasteiger partial charge in [-0.2, -0.15) is 5.26 Å². The van der Waals surface area contributed by atoms with Crippen molar-refractivity contribution in [2.24, 2.45) is 5.92 Å². The molecule has 1 fully saturated rings. The molecule has 2 amide bonds. The molecule has 0 aliphatic carbocycles. The van der Waals surface area contributed by atoms with Crippen molar-refractivity contribution in [3.8, 4) is 11.8 Å². The molecule has 1 aliphatic rings. The van der Waals surface area contributed by atoms with E-state index in [1.54, 1.807) is 39.0 Å². The van der Waals surface area contributed by atoms with Crippen molar-refractivity contribution in [1.29, 1.82) is 5.26 Å². The molecule has 3 rings (SSSR count). The number of aromatic hydroxyl groups is 1. The third-order valence-corrected chi connectivity index (χ3v) is 5.72. The molecule has 2 aromatic rings. The molecule has 1 saturated heterocycles. The Kier molecular flexibility index (Phi) is 6.43. The molecule has 1 unspecified atom stereocenters. The number of hydrogen-bond donors (Lipinski definition) is 3. The fourth-order valence-electron chi connectivity index (χ4n) is 3.59. The van der Waals surface area contributed by atoms with Crippen LogP contribution >= 0.6 is 0 Å². The van der Waals surface area contributed by atoms with Crippen LogP contribution in [0.5, 0.6) is 5.75 Å². The molecule has 3 N–H and O–H groups in total. The lowest BCUT2D eigenvalue weighted by atomic mass is 9.94. The van der Waals surface area contributed by atoms with Gasteiger partial charge in [-0.1, -0.05) is 12.1 Å². The molecule has 8 heteroatoms. The first kappa shape index (κ1) is 21.4. The van der Waals surface area contributed by atoms with Crippen molar-refractivity contribution >= 4 is 23.4 Å². The van der Waals surface area contributed by atoms with Gasteiger partial charge in [0.25, 0.3) is 0 Å². The summed E-state index contributed by atoms with van der Waals surface area (Å²) < 4.78 is 5.51. The van der Waals surface area contributed by atoms with Crippen LogP contribution in [0.3, 0.4) is 0 Å². The number of nitriles is 1. The van der Waals surface area contributed by atoms with Gasteiger partial charge in [-0.15, -0.1) is 0 Å². The van der Waals surface area contributed by atoms with Crippen LogP contribution in [0.2, 0.25) is 0 Å². The molecule has 30 heavy (non-hydrogen) atoms. The van der Waals surface area contributed by atoms with Gasteiger partial charge >= 0.3 is 0 Å². The lowest BCUT2D eigenvalue weighted by Gasteiger charge is -2.34. The first-order valence-electron chi connectivity index (χ1n) is 9.95. The Morgan fingerprint density at radius 3 is 2.53 bits per heavy atom. The minimum absolute atomic E-state index is 0.0358. The number of furan rings is 1. The predicted octanol–water partition coefficient (Wildman–Crippen LogP) is 3.15. The van der Waals surface area contributed by atoms with Crippen LogP contribution in [0.15, 0.2) is 28.7 Å². The summed E-state index contributed by atoms with van der Waals surface area (Å²) in [5.74, 6) is 0.253. The minimum Gasteiger partial charge on any atom is -0.506 e. The molecule has 0 bridgehead atoms. The van der Waals surface area contributed by atoms with Gasteiger partial charge in [-0.05, 0) is 58.8 Å². The smallest absolute Gasteiger partial charge is 0.243 e. The zero-order chi connectivity index (χ0) is 21.8. The van der Waals surface area contributed by atoms with E-state index in [0.717, 1.165) is 5.56 Å². The topological polar surface area (TPSA) is 119 Å². The number of rotatable bonds is 5. The lowest BCUT2D eigenvalue weighted by molar-refractivity contribution is -0.123. The zero-order valence-electron chi connectivity index (χ0n) is 17.4. The Morgan fingerprint density at radius 2 is 1.90 bits per heavy atom. The van der Waals surface area contributed by atoms with Gasteiger partial charge in [0.1, 0.15) is 23.1 Å². The predicted molar refractivity (Wildman–Crippen MR) is 112 cm³/mol. The molecular formula is C22H26N4O4. The standard InChI is InChI=1S/C22H26N4O4/c1-13-15(3)30-22(17(13)12-23)25-20(28)14(2)26-10-8-16(9-11-26)21(29)24-18-6-4-5-7-19(18)27/h4-7,14,16,27H,8-11H2,1-3H3,(H,24,29)(H,25,28). The molecule has 2 heterocycles. The van der Waals surface area contributed by atoms with Gasteiger partial charge in [0, 0.05) is 11.5 Å². The second-order valence-corrected chi connectivity index (χ2v) is 7.58. The van der Waals surface area contributed by atoms with E-state index in [1.165, 1.54) is 6.07 Å². The summed E-state index contributed by atoms with van der Waals surface area (Å²) in [6.45, 7) is 6.51. The lowest BCUT2D eigenvalue weighted by Crippen LogP contribution is -2.47. The average Bonchev–Trinajstić information content (AvgIpc) is 3.01. The molecule has 1 aromatic heterocycles. The van der Waals surface area contributed by atoms with Crippen LogP contribution in [-0.2, 0) is 9.59 Å². The largest absolute Gasteiger partial charge is 0.506 e. The van der Waals surface area contributed by atoms with E-state index >= 15 is 0 Å². The van der Waals surface area contributed by atoms with Crippen LogP contribution in [0, 0.1) is 31.1 Å². The maximum atomic E-state index is 12.7. The molecular weight excluding hydrogens is 384 g/mol. The van der Waals surface area contributed by atoms with E-state index in [2.05, 4.69) is 16.7 Å². The molecule has 1 atom stereocenters. The number of para-hydroxylation sites is 2. The summed E-state index contributed by atoms with van der Waals surface area (Å²) in [5.41, 5.74) is 1.46. The quantitative estimate of drug-likeness (QED) is 0.652. The van der Waals surface area contributed by atoms with E-state index < -0.39 is 6.04 Å². The summed E-state index contributed by atoms with van der Waals surface area (Å²) in [6, 6.07) is 8.26. The van der Waals surface area contributed by atoms with Crippen molar-refractivity contribution in [2.45, 2.75) is 39.7 Å². The number of phenolic OH excluding ortho intramolecular Hbond substituents is 1. The summed E-state index contributed by atoms with van der Waals surface area (Å²) in [6.07, 6.45) is 1.22. The van der Waals surface area contributed by atoms with Crippen molar-refractivity contribution in [2.75, 3.05) is 23.7 Å². The third-order valence-electron chi connectivity index (χ3n) is 5.72. The number of carbonyl (C=O) groups is 2. The number of carbonyl (C=O) groups excluding carboxylic acids is 2. The van der Waals surface area contributed by atoms with Gasteiger partial charge in [-0.25, -0.2) is 0 Å². The monoisotopic (exact) mass is 410 g/mol. The Labute approximate surface area is 175 Å². The summed E-state index contributed by atoms with van der Waals surface area (Å²) in [5, 5.41) is 24.6. The number of phenols is 1. The number of anilines is 2. The van der Waals surface area contributed by atoms with E-state index in [1.807, 2.05) is 4.90 Å². The van der Waals surface area contributed by atoms with E-state index in [9.17, 15) is 20.0 Å². The number of nitrogens with zero attached hydrogens (tertiary/aromatic N) is 2. The first-order chi connectivity index (χ1) is 14.3. The number of likely N-dealkylation sites (tertiary alicyclic amines) is 1. The van der Waals surface area contributed by atoms with Crippen LogP contribution < -0.4 is 10.6 Å². The molecule has 8 nitrogen and oxygen atoms in total. The molecule has 0 saturated carbocycles. The summed E-state index contributed by atoms with van der Waals surface area (Å²) in [4.78, 5) is 27.2. The van der Waals surface area contributed by atoms with Crippen molar-refractivity contribution in [1.82, 2.24) is 4.90 Å². The second kappa shape index (κ2) is 9.01. The summed E-state index contributed by atoms with van der Waals surface area (Å²) in [7, 11) is 0. The Balaban J connectivity index is 1.55. The number of nitrogens with one attached hydrogen (secondary N) is 2. The van der Waals surface area contributed by atoms with Crippen LogP contribution in [0.4, 0.5) is 11.6 Å². The molecule has 1 aliphatic heterocycles. The van der Waals surface area contributed by atoms with E-state index in [-0.39, 0.29) is 29.4 Å². The van der Waals surface area contributed by atoms with Crippen LogP contribution in [0.1, 0.15) is 36.7 Å². The Bertz CT molecular complexity index is 984. The fraction of sp³-hybridized carbons (Fsp3) is 0.409. The molecule has 0 spiro atoms. The second-order valence-electron chi connectivity index (χ2n) is 7.58. The number of hydrogen-bond acceptors (Lipinski definition) is 6. The Morgan fingerprint density at radius 1 is 1.23 bits per heavy atom. The normalized spacial score (nSPS) is 15.9. The average molecular weight is 410 g/mol. The molecule has 158 valence electrons. The van der Waals surface area contributed by atoms with Crippen molar-refractivity contribution in [3.63, 3.8) is 0 Å². The number of piperidine rings is 1. The van der Waals surface area contributed by atoms with Gasteiger partial charge in [0.15, 0.2) is 0 Å². The number of amides is 2. The Hall–Kier alpha value is -3.31. The SMILES string of the molecule is Cc1oc(NC(=O)C(C)N2CCC(C(=O)Nc3ccccc3O)CC2)c(C#N)c1C. The molecule has 0 radical (unpaired) electrons. The fourth-order valence-corrected chi connectivity index (χ4v) is 3.59. The maximum Gasteiger partial charge on any atom is 0.243 e. The highest BCUT2D eigenvalue weighted by Crippen LogP contribution is 2.27. The van der Waals surface area contributed by atoms with Gasteiger partial charge in [0.2, 0.25) is 17.7 Å². The first-order valence-corrected chi connectivity index (χ1v) is 9.95. The molecule has 1 aromatic carbocycles. The highest BCUT2D eigenvalue weighted by atomic mass is 16.4. The zero-order valence-corrected chi connectivity index (χ0v) is 17.4. The summed E-state index contributed by atoms with van der Waals surface area (Å²) >= 11 is 0. The van der Waals surface area contributed by atoms with Gasteiger partial charge in [0.05, 0.1) is 11.7 Å². The van der Waals surface area contributed by atoms with E-state index in [0.29, 0.717) is 42.9 Å². The number of aryl methyl sites for hydroxylation is 1. The van der Waals surface area contributed by atoms with Crippen molar-refractivity contribution in [3.05, 3.63) is 41.2 Å². The maximum absolute atomic E-state index is 12.7. The van der Waals surface area contributed by atoms with Crippen molar-refractivity contribution < 1.29 is 19.1 Å². The van der Waals surface area contributed by atoms with Crippen LogP contribution in [-0.4, -0.2) is 41.0 Å². The highest BCUT2D eigenvalue weighted by molar-refractivity contribution is 5.95. The van der Waals surface area contributed by atoms with Crippen LogP contribution in [0.25, 0.3) is 0 Å². The number of benzene rings is 1. The van der Waals surface area contributed by atoms with Gasteiger partial charge < -0.3 is 14.8 Å². The van der Waals surface area contributed by atoms with E-state index in [4.69, 9.17) is 4.42 Å². The third kappa shape index (κ3) is 4.47. The minimum atomic E-state index is -0.426. The van der Waals surface area contributed by atoms with Gasteiger partial charge in [-0.3, -0.25) is 19.8 Å². The highest BCUT2D eigenvalue weighted by Gasteiger charge is 2.31.